The number of hydrogen-bond acceptors (Lipinski definition) is 4. The van der Waals surface area contributed by atoms with Crippen LogP contribution in [0.25, 0.3) is 0 Å². The zero-order valence-corrected chi connectivity index (χ0v) is 14.3. The SMILES string of the molecule is COc1ccc(C(=O)O[C@H](C)C(=O)N[C@H]2CCCC[C@@H]2C)c(F)c1. The van der Waals surface area contributed by atoms with Crippen molar-refractivity contribution in [3.63, 3.8) is 0 Å². The van der Waals surface area contributed by atoms with E-state index in [1.54, 1.807) is 0 Å². The summed E-state index contributed by atoms with van der Waals surface area (Å²) in [4.78, 5) is 24.3. The average molecular weight is 337 g/mol. The molecule has 0 radical (unpaired) electrons. The summed E-state index contributed by atoms with van der Waals surface area (Å²) in [7, 11) is 1.41. The Labute approximate surface area is 141 Å². The van der Waals surface area contributed by atoms with Gasteiger partial charge in [0.25, 0.3) is 5.91 Å². The van der Waals surface area contributed by atoms with Crippen molar-refractivity contribution >= 4 is 11.9 Å². The average Bonchev–Trinajstić information content (AvgIpc) is 2.56. The van der Waals surface area contributed by atoms with Gasteiger partial charge in [0.15, 0.2) is 6.10 Å². The summed E-state index contributed by atoms with van der Waals surface area (Å²) in [6.07, 6.45) is 3.29. The summed E-state index contributed by atoms with van der Waals surface area (Å²) in [5, 5.41) is 2.93. The third-order valence-electron chi connectivity index (χ3n) is 4.49. The van der Waals surface area contributed by atoms with Crippen LogP contribution < -0.4 is 10.1 Å². The molecule has 1 aromatic rings. The molecule has 0 heterocycles. The zero-order chi connectivity index (χ0) is 17.7. The number of methoxy groups -OCH3 is 1. The standard InChI is InChI=1S/C18H24FNO4/c1-11-6-4-5-7-16(11)20-17(21)12(2)24-18(22)14-9-8-13(23-3)10-15(14)19/h8-12,16H,4-7H2,1-3H3,(H,20,21)/t11-,12+,16-/m0/s1. The lowest BCUT2D eigenvalue weighted by Crippen LogP contribution is -2.46. The maximum absolute atomic E-state index is 13.9. The van der Waals surface area contributed by atoms with Gasteiger partial charge >= 0.3 is 5.97 Å². The van der Waals surface area contributed by atoms with Crippen LogP contribution in [0, 0.1) is 11.7 Å². The normalized spacial score (nSPS) is 21.7. The molecule has 6 heteroatoms. The Morgan fingerprint density at radius 3 is 2.62 bits per heavy atom. The molecule has 132 valence electrons. The first-order valence-electron chi connectivity index (χ1n) is 8.27. The van der Waals surface area contributed by atoms with E-state index in [2.05, 4.69) is 12.2 Å². The van der Waals surface area contributed by atoms with Crippen molar-refractivity contribution in [2.45, 2.75) is 51.7 Å². The van der Waals surface area contributed by atoms with E-state index in [0.717, 1.165) is 25.3 Å². The summed E-state index contributed by atoms with van der Waals surface area (Å²) in [6.45, 7) is 3.59. The van der Waals surface area contributed by atoms with Crippen LogP contribution in [-0.4, -0.2) is 31.1 Å². The van der Waals surface area contributed by atoms with Crippen molar-refractivity contribution in [1.29, 1.82) is 0 Å². The smallest absolute Gasteiger partial charge is 0.341 e. The van der Waals surface area contributed by atoms with Crippen molar-refractivity contribution in [3.05, 3.63) is 29.6 Å². The predicted octanol–water partition coefficient (Wildman–Crippen LogP) is 3.07. The molecule has 0 aliphatic heterocycles. The Morgan fingerprint density at radius 1 is 1.29 bits per heavy atom. The minimum Gasteiger partial charge on any atom is -0.497 e. The molecule has 3 atom stereocenters. The lowest BCUT2D eigenvalue weighted by Gasteiger charge is -2.30. The summed E-state index contributed by atoms with van der Waals surface area (Å²) >= 11 is 0. The van der Waals surface area contributed by atoms with Crippen LogP contribution in [0.1, 0.15) is 49.9 Å². The van der Waals surface area contributed by atoms with Gasteiger partial charge in [-0.05, 0) is 37.8 Å². The van der Waals surface area contributed by atoms with Crippen LogP contribution >= 0.6 is 0 Å². The number of carbonyl (C=O) groups is 2. The second kappa shape index (κ2) is 8.13. The quantitative estimate of drug-likeness (QED) is 0.839. The molecule has 1 aliphatic carbocycles. The number of ether oxygens (including phenoxy) is 2. The predicted molar refractivity (Wildman–Crippen MR) is 87.4 cm³/mol. The number of halogens is 1. The molecule has 2 rings (SSSR count). The van der Waals surface area contributed by atoms with Gasteiger partial charge < -0.3 is 14.8 Å². The van der Waals surface area contributed by atoms with Crippen molar-refractivity contribution in [2.75, 3.05) is 7.11 Å². The van der Waals surface area contributed by atoms with Crippen molar-refractivity contribution in [2.24, 2.45) is 5.92 Å². The molecule has 0 unspecified atom stereocenters. The number of nitrogens with one attached hydrogen (secondary N) is 1. The van der Waals surface area contributed by atoms with Gasteiger partial charge in [-0.3, -0.25) is 4.79 Å². The first-order valence-corrected chi connectivity index (χ1v) is 8.27. The van der Waals surface area contributed by atoms with Crippen LogP contribution in [0.5, 0.6) is 5.75 Å². The zero-order valence-electron chi connectivity index (χ0n) is 14.3. The molecule has 1 fully saturated rings. The Balaban J connectivity index is 1.94. The number of rotatable bonds is 5. The van der Waals surface area contributed by atoms with Crippen LogP contribution in [0.2, 0.25) is 0 Å². The Morgan fingerprint density at radius 2 is 2.00 bits per heavy atom. The highest BCUT2D eigenvalue weighted by atomic mass is 19.1. The van der Waals surface area contributed by atoms with Gasteiger partial charge in [0.1, 0.15) is 11.6 Å². The largest absolute Gasteiger partial charge is 0.497 e. The van der Waals surface area contributed by atoms with Crippen LogP contribution in [0.3, 0.4) is 0 Å². The fourth-order valence-corrected chi connectivity index (χ4v) is 2.90. The minimum absolute atomic E-state index is 0.102. The van der Waals surface area contributed by atoms with Crippen molar-refractivity contribution in [1.82, 2.24) is 5.32 Å². The molecule has 0 spiro atoms. The Hall–Kier alpha value is -2.11. The van der Waals surface area contributed by atoms with E-state index in [4.69, 9.17) is 9.47 Å². The van der Waals surface area contributed by atoms with Crippen LogP contribution in [-0.2, 0) is 9.53 Å². The first kappa shape index (κ1) is 18.2. The van der Waals surface area contributed by atoms with Gasteiger partial charge in [-0.2, -0.15) is 0 Å². The maximum atomic E-state index is 13.9. The van der Waals surface area contributed by atoms with E-state index in [0.29, 0.717) is 11.7 Å². The van der Waals surface area contributed by atoms with Gasteiger partial charge in [0.05, 0.1) is 12.7 Å². The first-order chi connectivity index (χ1) is 11.4. The van der Waals surface area contributed by atoms with Crippen LogP contribution in [0.4, 0.5) is 4.39 Å². The number of benzene rings is 1. The molecule has 1 aromatic carbocycles. The molecule has 1 amide bonds. The van der Waals surface area contributed by atoms with E-state index in [9.17, 15) is 14.0 Å². The molecular formula is C18H24FNO4. The number of hydrogen-bond donors (Lipinski definition) is 1. The number of carbonyl (C=O) groups excluding carboxylic acids is 2. The number of esters is 1. The molecule has 1 N–H and O–H groups in total. The van der Waals surface area contributed by atoms with Gasteiger partial charge in [0, 0.05) is 12.1 Å². The molecule has 0 aromatic heterocycles. The molecule has 5 nitrogen and oxygen atoms in total. The highest BCUT2D eigenvalue weighted by Crippen LogP contribution is 2.24. The van der Waals surface area contributed by atoms with Crippen molar-refractivity contribution in [3.8, 4) is 5.75 Å². The second-order valence-electron chi connectivity index (χ2n) is 6.27. The monoisotopic (exact) mass is 337 g/mol. The lowest BCUT2D eigenvalue weighted by atomic mass is 9.86. The molecule has 1 aliphatic rings. The highest BCUT2D eigenvalue weighted by molar-refractivity contribution is 5.92. The maximum Gasteiger partial charge on any atom is 0.341 e. The Bertz CT molecular complexity index is 605. The van der Waals surface area contributed by atoms with E-state index in [1.165, 1.54) is 32.6 Å². The van der Waals surface area contributed by atoms with Gasteiger partial charge in [-0.1, -0.05) is 19.8 Å². The lowest BCUT2D eigenvalue weighted by molar-refractivity contribution is -0.130. The van der Waals surface area contributed by atoms with Crippen molar-refractivity contribution < 1.29 is 23.5 Å². The molecular weight excluding hydrogens is 313 g/mol. The van der Waals surface area contributed by atoms with Crippen LogP contribution in [0.15, 0.2) is 18.2 Å². The summed E-state index contributed by atoms with van der Waals surface area (Å²) in [5.74, 6) is -1.25. The topological polar surface area (TPSA) is 64.6 Å². The third-order valence-corrected chi connectivity index (χ3v) is 4.49. The highest BCUT2D eigenvalue weighted by Gasteiger charge is 2.27. The second-order valence-corrected chi connectivity index (χ2v) is 6.27. The summed E-state index contributed by atoms with van der Waals surface area (Å²) < 4.78 is 23.9. The third kappa shape index (κ3) is 4.46. The Kier molecular flexibility index (Phi) is 6.17. The van der Waals surface area contributed by atoms with E-state index >= 15 is 0 Å². The van der Waals surface area contributed by atoms with Gasteiger partial charge in [0.2, 0.25) is 0 Å². The van der Waals surface area contributed by atoms with Gasteiger partial charge in [-0.15, -0.1) is 0 Å². The summed E-state index contributed by atoms with van der Waals surface area (Å²) in [5.41, 5.74) is -0.221. The number of amides is 1. The molecule has 24 heavy (non-hydrogen) atoms. The van der Waals surface area contributed by atoms with E-state index < -0.39 is 17.9 Å². The van der Waals surface area contributed by atoms with Gasteiger partial charge in [-0.25, -0.2) is 9.18 Å². The minimum atomic E-state index is -0.979. The summed E-state index contributed by atoms with van der Waals surface area (Å²) in [6, 6.07) is 3.95. The molecule has 1 saturated carbocycles. The fourth-order valence-electron chi connectivity index (χ4n) is 2.90. The van der Waals surface area contributed by atoms with E-state index in [-0.39, 0.29) is 17.5 Å². The fraction of sp³-hybridized carbons (Fsp3) is 0.556. The van der Waals surface area contributed by atoms with E-state index in [1.807, 2.05) is 0 Å². The molecule has 0 saturated heterocycles. The molecule has 0 bridgehead atoms.